The van der Waals surface area contributed by atoms with E-state index in [1.807, 2.05) is 11.6 Å². The molecule has 0 amide bonds. The molecular weight excluding hydrogens is 160 g/mol. The van der Waals surface area contributed by atoms with Crippen molar-refractivity contribution in [2.24, 2.45) is 0 Å². The zero-order chi connectivity index (χ0) is 7.52. The summed E-state index contributed by atoms with van der Waals surface area (Å²) in [5.74, 6) is 0. The van der Waals surface area contributed by atoms with Gasteiger partial charge in [0, 0.05) is 17.8 Å². The molecule has 0 bridgehead atoms. The lowest BCUT2D eigenvalue weighted by molar-refractivity contribution is 0.647. The fourth-order valence-electron chi connectivity index (χ4n) is 0.787. The van der Waals surface area contributed by atoms with E-state index in [1.54, 1.807) is 28.4 Å². The van der Waals surface area contributed by atoms with Crippen molar-refractivity contribution in [3.63, 3.8) is 0 Å². The molecular formula is C6H6N4S. The topological polar surface area (TPSA) is 43.6 Å². The zero-order valence-electron chi connectivity index (χ0n) is 5.71. The van der Waals surface area contributed by atoms with Crippen molar-refractivity contribution in [2.45, 2.75) is 6.54 Å². The third kappa shape index (κ3) is 1.43. The van der Waals surface area contributed by atoms with Crippen molar-refractivity contribution in [1.82, 2.24) is 20.0 Å². The van der Waals surface area contributed by atoms with E-state index in [1.165, 1.54) is 0 Å². The number of hydrogen-bond donors (Lipinski definition) is 0. The normalized spacial score (nSPS) is 10.2. The van der Waals surface area contributed by atoms with Crippen molar-refractivity contribution < 1.29 is 0 Å². The molecule has 2 rings (SSSR count). The third-order valence-corrected chi connectivity index (χ3v) is 2.02. The smallest absolute Gasteiger partial charge is 0.114 e. The third-order valence-electron chi connectivity index (χ3n) is 1.25. The molecule has 5 heteroatoms. The first kappa shape index (κ1) is 6.48. The average Bonchev–Trinajstić information content (AvgIpc) is 2.60. The lowest BCUT2D eigenvalue weighted by Gasteiger charge is -1.92. The predicted octanol–water partition coefficient (Wildman–Crippen LogP) is 0.783. The van der Waals surface area contributed by atoms with Gasteiger partial charge in [0.05, 0.1) is 12.7 Å². The van der Waals surface area contributed by atoms with Gasteiger partial charge in [-0.1, -0.05) is 5.21 Å². The van der Waals surface area contributed by atoms with E-state index in [0.29, 0.717) is 0 Å². The van der Waals surface area contributed by atoms with E-state index in [0.717, 1.165) is 11.6 Å². The SMILES string of the molecule is c1cn(Cc2nccs2)nn1. The summed E-state index contributed by atoms with van der Waals surface area (Å²) in [6.07, 6.45) is 5.27. The lowest BCUT2D eigenvalue weighted by Crippen LogP contribution is -1.99. The summed E-state index contributed by atoms with van der Waals surface area (Å²) in [7, 11) is 0. The number of rotatable bonds is 2. The van der Waals surface area contributed by atoms with Crippen molar-refractivity contribution in [2.75, 3.05) is 0 Å². The second-order valence-corrected chi connectivity index (χ2v) is 3.01. The largest absolute Gasteiger partial charge is 0.248 e. The summed E-state index contributed by atoms with van der Waals surface area (Å²) in [5, 5.41) is 10.5. The number of hydrogen-bond acceptors (Lipinski definition) is 4. The fourth-order valence-corrected chi connectivity index (χ4v) is 1.39. The Bertz CT molecular complexity index is 267. The number of nitrogens with zero attached hydrogens (tertiary/aromatic N) is 4. The molecule has 0 atom stereocenters. The summed E-state index contributed by atoms with van der Waals surface area (Å²) in [4.78, 5) is 4.12. The molecule has 2 aromatic heterocycles. The first-order chi connectivity index (χ1) is 5.45. The van der Waals surface area contributed by atoms with E-state index < -0.39 is 0 Å². The lowest BCUT2D eigenvalue weighted by atomic mass is 10.7. The summed E-state index contributed by atoms with van der Waals surface area (Å²) in [5.41, 5.74) is 0. The van der Waals surface area contributed by atoms with Crippen LogP contribution in [0.1, 0.15) is 5.01 Å². The van der Waals surface area contributed by atoms with Crippen molar-refractivity contribution in [1.29, 1.82) is 0 Å². The van der Waals surface area contributed by atoms with Crippen LogP contribution in [0.3, 0.4) is 0 Å². The average molecular weight is 166 g/mol. The molecule has 0 aliphatic rings. The van der Waals surface area contributed by atoms with Crippen molar-refractivity contribution >= 4 is 11.3 Å². The molecule has 11 heavy (non-hydrogen) atoms. The summed E-state index contributed by atoms with van der Waals surface area (Å²) >= 11 is 1.62. The maximum atomic E-state index is 4.12. The van der Waals surface area contributed by atoms with Gasteiger partial charge in [-0.15, -0.1) is 16.4 Å². The second-order valence-electron chi connectivity index (χ2n) is 2.03. The highest BCUT2D eigenvalue weighted by Crippen LogP contribution is 2.04. The monoisotopic (exact) mass is 166 g/mol. The van der Waals surface area contributed by atoms with E-state index in [9.17, 15) is 0 Å². The van der Waals surface area contributed by atoms with Gasteiger partial charge in [-0.2, -0.15) is 0 Å². The van der Waals surface area contributed by atoms with Crippen LogP contribution in [0.25, 0.3) is 0 Å². The highest BCUT2D eigenvalue weighted by Gasteiger charge is 1.95. The molecule has 0 N–H and O–H groups in total. The van der Waals surface area contributed by atoms with Crippen LogP contribution < -0.4 is 0 Å². The van der Waals surface area contributed by atoms with E-state index in [4.69, 9.17) is 0 Å². The van der Waals surface area contributed by atoms with Gasteiger partial charge in [-0.25, -0.2) is 9.67 Å². The van der Waals surface area contributed by atoms with Gasteiger partial charge in [-0.05, 0) is 0 Å². The molecule has 0 fully saturated rings. The Balaban J connectivity index is 2.14. The van der Waals surface area contributed by atoms with Crippen LogP contribution in [0.4, 0.5) is 0 Å². The minimum atomic E-state index is 0.720. The highest BCUT2D eigenvalue weighted by atomic mass is 32.1. The first-order valence-corrected chi connectivity index (χ1v) is 4.05. The van der Waals surface area contributed by atoms with Gasteiger partial charge in [0.25, 0.3) is 0 Å². The Hall–Kier alpha value is -1.23. The van der Waals surface area contributed by atoms with Crippen molar-refractivity contribution in [3.8, 4) is 0 Å². The van der Waals surface area contributed by atoms with E-state index in [-0.39, 0.29) is 0 Å². The quantitative estimate of drug-likeness (QED) is 0.662. The zero-order valence-corrected chi connectivity index (χ0v) is 6.53. The van der Waals surface area contributed by atoms with Gasteiger partial charge in [0.2, 0.25) is 0 Å². The standard InChI is InChI=1S/C6H6N4S/c1-3-10(9-8-1)5-6-7-2-4-11-6/h1-4H,5H2. The minimum Gasteiger partial charge on any atom is -0.248 e. The molecule has 0 aliphatic heterocycles. The summed E-state index contributed by atoms with van der Waals surface area (Å²) < 4.78 is 1.75. The maximum absolute atomic E-state index is 4.12. The molecule has 0 spiro atoms. The predicted molar refractivity (Wildman–Crippen MR) is 41.2 cm³/mol. The summed E-state index contributed by atoms with van der Waals surface area (Å²) in [6.45, 7) is 0.720. The Labute approximate surface area is 67.5 Å². The molecule has 0 radical (unpaired) electrons. The van der Waals surface area contributed by atoms with Crippen molar-refractivity contribution in [3.05, 3.63) is 29.0 Å². The Kier molecular flexibility index (Phi) is 1.64. The van der Waals surface area contributed by atoms with Gasteiger partial charge in [0.1, 0.15) is 5.01 Å². The Morgan fingerprint density at radius 3 is 3.09 bits per heavy atom. The molecule has 0 aliphatic carbocycles. The van der Waals surface area contributed by atoms with Crippen LogP contribution >= 0.6 is 11.3 Å². The fraction of sp³-hybridized carbons (Fsp3) is 0.167. The summed E-state index contributed by atoms with van der Waals surface area (Å²) in [6, 6.07) is 0. The van der Waals surface area contributed by atoms with E-state index in [2.05, 4.69) is 15.3 Å². The van der Waals surface area contributed by atoms with E-state index >= 15 is 0 Å². The molecule has 0 saturated heterocycles. The maximum Gasteiger partial charge on any atom is 0.114 e. The molecule has 0 aromatic carbocycles. The molecule has 56 valence electrons. The van der Waals surface area contributed by atoms with Crippen LogP contribution in [0.5, 0.6) is 0 Å². The highest BCUT2D eigenvalue weighted by molar-refractivity contribution is 7.09. The molecule has 4 nitrogen and oxygen atoms in total. The second kappa shape index (κ2) is 2.79. The van der Waals surface area contributed by atoms with Crippen LogP contribution in [0, 0.1) is 0 Å². The van der Waals surface area contributed by atoms with Crippen LogP contribution in [0.15, 0.2) is 24.0 Å². The van der Waals surface area contributed by atoms with Gasteiger partial charge in [0.15, 0.2) is 0 Å². The Morgan fingerprint density at radius 1 is 1.45 bits per heavy atom. The van der Waals surface area contributed by atoms with Gasteiger partial charge in [-0.3, -0.25) is 0 Å². The van der Waals surface area contributed by atoms with Crippen LogP contribution in [-0.2, 0) is 6.54 Å². The minimum absolute atomic E-state index is 0.720. The molecule has 2 heterocycles. The molecule has 0 saturated carbocycles. The van der Waals surface area contributed by atoms with Gasteiger partial charge >= 0.3 is 0 Å². The Morgan fingerprint density at radius 2 is 2.45 bits per heavy atom. The van der Waals surface area contributed by atoms with Crippen LogP contribution in [-0.4, -0.2) is 20.0 Å². The number of aromatic nitrogens is 4. The first-order valence-electron chi connectivity index (χ1n) is 3.17. The molecule has 2 aromatic rings. The number of thiazole rings is 1. The van der Waals surface area contributed by atoms with Crippen LogP contribution in [0.2, 0.25) is 0 Å². The van der Waals surface area contributed by atoms with Gasteiger partial charge < -0.3 is 0 Å². The molecule has 0 unspecified atom stereocenters.